The van der Waals surface area contributed by atoms with E-state index in [1.165, 1.54) is 4.90 Å². The van der Waals surface area contributed by atoms with Crippen LogP contribution in [0.3, 0.4) is 0 Å². The Morgan fingerprint density at radius 2 is 1.85 bits per heavy atom. The van der Waals surface area contributed by atoms with Crippen molar-refractivity contribution in [3.8, 4) is 11.5 Å². The number of ether oxygens (including phenoxy) is 3. The third-order valence-electron chi connectivity index (χ3n) is 4.38. The van der Waals surface area contributed by atoms with E-state index >= 15 is 0 Å². The Morgan fingerprint density at radius 1 is 1.04 bits per heavy atom. The van der Waals surface area contributed by atoms with Gasteiger partial charge in [-0.3, -0.25) is 9.69 Å². The highest BCUT2D eigenvalue weighted by molar-refractivity contribution is 5.87. The van der Waals surface area contributed by atoms with Crippen LogP contribution >= 0.6 is 0 Å². The second-order valence-corrected chi connectivity index (χ2v) is 6.11. The van der Waals surface area contributed by atoms with E-state index in [2.05, 4.69) is 5.32 Å². The topological polar surface area (TPSA) is 77.1 Å². The Morgan fingerprint density at radius 3 is 2.69 bits per heavy atom. The average molecular weight is 354 g/mol. The van der Waals surface area contributed by atoms with Crippen LogP contribution in [0.2, 0.25) is 0 Å². The van der Waals surface area contributed by atoms with Gasteiger partial charge in [0.15, 0.2) is 11.5 Å². The Kier molecular flexibility index (Phi) is 4.35. The lowest BCUT2D eigenvalue weighted by atomic mass is 10.1. The zero-order chi connectivity index (χ0) is 17.9. The molecule has 0 radical (unpaired) electrons. The summed E-state index contributed by atoms with van der Waals surface area (Å²) >= 11 is 0. The molecule has 0 aliphatic carbocycles. The van der Waals surface area contributed by atoms with Crippen LogP contribution in [0, 0.1) is 0 Å². The van der Waals surface area contributed by atoms with Gasteiger partial charge in [-0.1, -0.05) is 36.4 Å². The van der Waals surface area contributed by atoms with Gasteiger partial charge in [0.25, 0.3) is 0 Å². The number of amides is 2. The van der Waals surface area contributed by atoms with Crippen molar-refractivity contribution in [2.45, 2.75) is 19.1 Å². The lowest BCUT2D eigenvalue weighted by molar-refractivity contribution is -0.125. The van der Waals surface area contributed by atoms with Gasteiger partial charge in [0.05, 0.1) is 6.54 Å². The molecule has 7 heteroatoms. The summed E-state index contributed by atoms with van der Waals surface area (Å²) in [6, 6.07) is 14.4. The van der Waals surface area contributed by atoms with E-state index in [9.17, 15) is 9.59 Å². The molecule has 4 rings (SSSR count). The molecule has 0 saturated carbocycles. The molecule has 2 amide bonds. The van der Waals surface area contributed by atoms with E-state index in [0.717, 1.165) is 11.1 Å². The summed E-state index contributed by atoms with van der Waals surface area (Å²) < 4.78 is 15.7. The van der Waals surface area contributed by atoms with Crippen LogP contribution in [-0.4, -0.2) is 36.3 Å². The van der Waals surface area contributed by atoms with E-state index in [4.69, 9.17) is 14.2 Å². The number of nitrogens with zero attached hydrogens (tertiary/aromatic N) is 1. The number of rotatable bonds is 5. The molecule has 7 nitrogen and oxygen atoms in total. The Bertz CT molecular complexity index is 824. The molecule has 0 bridgehead atoms. The molecule has 0 unspecified atom stereocenters. The highest BCUT2D eigenvalue weighted by atomic mass is 16.7. The van der Waals surface area contributed by atoms with Crippen molar-refractivity contribution in [2.24, 2.45) is 0 Å². The van der Waals surface area contributed by atoms with E-state index in [1.807, 2.05) is 48.5 Å². The van der Waals surface area contributed by atoms with E-state index in [1.54, 1.807) is 0 Å². The standard InChI is InChI=1S/C19H18N2O5/c22-18(20-9-14-6-7-16-17(8-14)26-12-25-16)15-11-24-19(23)21(15)10-13-4-2-1-3-5-13/h1-8,15H,9-12H2,(H,20,22)/t15-/m0/s1. The normalized spacial score (nSPS) is 17.9. The highest BCUT2D eigenvalue weighted by Crippen LogP contribution is 2.32. The Labute approximate surface area is 150 Å². The maximum Gasteiger partial charge on any atom is 0.410 e. The summed E-state index contributed by atoms with van der Waals surface area (Å²) in [5.74, 6) is 1.12. The van der Waals surface area contributed by atoms with Crippen molar-refractivity contribution in [1.82, 2.24) is 10.2 Å². The van der Waals surface area contributed by atoms with Crippen LogP contribution in [-0.2, 0) is 22.6 Å². The summed E-state index contributed by atoms with van der Waals surface area (Å²) in [7, 11) is 0. The van der Waals surface area contributed by atoms with Gasteiger partial charge in [0.1, 0.15) is 12.6 Å². The molecule has 2 aliphatic rings. The molecule has 26 heavy (non-hydrogen) atoms. The smallest absolute Gasteiger partial charge is 0.410 e. The molecule has 2 heterocycles. The third-order valence-corrected chi connectivity index (χ3v) is 4.38. The number of nitrogens with one attached hydrogen (secondary N) is 1. The van der Waals surface area contributed by atoms with E-state index in [-0.39, 0.29) is 19.3 Å². The number of fused-ring (bicyclic) bond motifs is 1. The molecule has 2 aromatic carbocycles. The molecular formula is C19H18N2O5. The first-order chi connectivity index (χ1) is 12.7. The Balaban J connectivity index is 1.39. The monoisotopic (exact) mass is 354 g/mol. The number of carbonyl (C=O) groups is 2. The summed E-state index contributed by atoms with van der Waals surface area (Å²) in [4.78, 5) is 26.0. The van der Waals surface area contributed by atoms with Crippen LogP contribution in [0.15, 0.2) is 48.5 Å². The maximum absolute atomic E-state index is 12.6. The van der Waals surface area contributed by atoms with E-state index in [0.29, 0.717) is 24.6 Å². The largest absolute Gasteiger partial charge is 0.454 e. The second-order valence-electron chi connectivity index (χ2n) is 6.11. The minimum absolute atomic E-state index is 0.0542. The first kappa shape index (κ1) is 16.3. The molecule has 134 valence electrons. The minimum atomic E-state index is -0.642. The van der Waals surface area contributed by atoms with Crippen molar-refractivity contribution in [1.29, 1.82) is 0 Å². The fourth-order valence-corrected chi connectivity index (χ4v) is 2.98. The lowest BCUT2D eigenvalue weighted by Gasteiger charge is -2.21. The molecule has 1 N–H and O–H groups in total. The predicted molar refractivity (Wildman–Crippen MR) is 91.5 cm³/mol. The maximum atomic E-state index is 12.6. The lowest BCUT2D eigenvalue weighted by Crippen LogP contribution is -2.45. The number of hydrogen-bond acceptors (Lipinski definition) is 5. The zero-order valence-corrected chi connectivity index (χ0v) is 14.0. The quantitative estimate of drug-likeness (QED) is 0.889. The fourth-order valence-electron chi connectivity index (χ4n) is 2.98. The molecule has 2 aromatic rings. The van der Waals surface area contributed by atoms with Gasteiger partial charge in [0.2, 0.25) is 12.7 Å². The molecule has 0 aromatic heterocycles. The summed E-state index contributed by atoms with van der Waals surface area (Å²) in [5.41, 5.74) is 1.84. The van der Waals surface area contributed by atoms with Crippen LogP contribution in [0.4, 0.5) is 4.79 Å². The van der Waals surface area contributed by atoms with E-state index < -0.39 is 12.1 Å². The molecular weight excluding hydrogens is 336 g/mol. The van der Waals surface area contributed by atoms with Gasteiger partial charge >= 0.3 is 6.09 Å². The van der Waals surface area contributed by atoms with Gasteiger partial charge in [-0.2, -0.15) is 0 Å². The number of hydrogen-bond donors (Lipinski definition) is 1. The van der Waals surface area contributed by atoms with Crippen LogP contribution in [0.1, 0.15) is 11.1 Å². The molecule has 0 spiro atoms. The van der Waals surface area contributed by atoms with Crippen molar-refractivity contribution >= 4 is 12.0 Å². The van der Waals surface area contributed by atoms with Crippen LogP contribution < -0.4 is 14.8 Å². The van der Waals surface area contributed by atoms with Gasteiger partial charge in [0, 0.05) is 6.54 Å². The first-order valence-electron chi connectivity index (χ1n) is 8.34. The van der Waals surface area contributed by atoms with Crippen LogP contribution in [0.5, 0.6) is 11.5 Å². The average Bonchev–Trinajstić information content (AvgIpc) is 3.27. The third kappa shape index (κ3) is 3.28. The van der Waals surface area contributed by atoms with Gasteiger partial charge in [-0.25, -0.2) is 4.79 Å². The second kappa shape index (κ2) is 6.95. The molecule has 2 aliphatic heterocycles. The highest BCUT2D eigenvalue weighted by Gasteiger charge is 2.37. The molecule has 1 atom stereocenters. The van der Waals surface area contributed by atoms with Gasteiger partial charge in [-0.05, 0) is 23.3 Å². The van der Waals surface area contributed by atoms with Gasteiger partial charge < -0.3 is 19.5 Å². The van der Waals surface area contributed by atoms with Crippen molar-refractivity contribution in [3.05, 3.63) is 59.7 Å². The fraction of sp³-hybridized carbons (Fsp3) is 0.263. The van der Waals surface area contributed by atoms with Crippen molar-refractivity contribution in [2.75, 3.05) is 13.4 Å². The zero-order valence-electron chi connectivity index (χ0n) is 14.0. The number of benzene rings is 2. The molecule has 1 fully saturated rings. The summed E-state index contributed by atoms with van der Waals surface area (Å²) in [6.07, 6.45) is -0.475. The van der Waals surface area contributed by atoms with Crippen molar-refractivity contribution in [3.63, 3.8) is 0 Å². The van der Waals surface area contributed by atoms with Crippen LogP contribution in [0.25, 0.3) is 0 Å². The predicted octanol–water partition coefficient (Wildman–Crippen LogP) is 2.05. The number of cyclic esters (lactones) is 1. The van der Waals surface area contributed by atoms with Crippen molar-refractivity contribution < 1.29 is 23.8 Å². The van der Waals surface area contributed by atoms with Gasteiger partial charge in [-0.15, -0.1) is 0 Å². The minimum Gasteiger partial charge on any atom is -0.454 e. The molecule has 1 saturated heterocycles. The SMILES string of the molecule is O=C(NCc1ccc2c(c1)OCO2)[C@@H]1COC(=O)N1Cc1ccccc1. The summed E-state index contributed by atoms with van der Waals surface area (Å²) in [6.45, 7) is 0.931. The first-order valence-corrected chi connectivity index (χ1v) is 8.34. The summed E-state index contributed by atoms with van der Waals surface area (Å²) in [5, 5.41) is 2.86. The Hall–Kier alpha value is -3.22. The number of carbonyl (C=O) groups excluding carboxylic acids is 2.